The average Bonchev–Trinajstić information content (AvgIpc) is 2.29. The molecule has 1 aromatic carbocycles. The third-order valence-electron chi connectivity index (χ3n) is 2.16. The summed E-state index contributed by atoms with van der Waals surface area (Å²) < 4.78 is 5.22. The molecular weight excluding hydrogens is 240 g/mol. The monoisotopic (exact) mass is 260 g/mol. The first-order chi connectivity index (χ1) is 8.78. The van der Waals surface area contributed by atoms with E-state index in [2.05, 4.69) is 11.8 Å². The number of benzene rings is 1. The molecule has 4 heteroatoms. The highest BCUT2D eigenvalue weighted by Gasteiger charge is 2.18. The molecule has 0 aliphatic rings. The number of ether oxygens (including phenoxy) is 1. The second kappa shape index (κ2) is 6.14. The van der Waals surface area contributed by atoms with Crippen molar-refractivity contribution in [3.63, 3.8) is 0 Å². The number of amides is 1. The van der Waals surface area contributed by atoms with Crippen LogP contribution in [0.2, 0.25) is 0 Å². The molecule has 0 bridgehead atoms. The van der Waals surface area contributed by atoms with Crippen molar-refractivity contribution < 1.29 is 9.53 Å². The fourth-order valence-corrected chi connectivity index (χ4v) is 1.23. The van der Waals surface area contributed by atoms with Gasteiger partial charge in [0.1, 0.15) is 5.60 Å². The smallest absolute Gasteiger partial charge is 0.410 e. The lowest BCUT2D eigenvalue weighted by atomic mass is 10.2. The molecule has 0 aliphatic heterocycles. The molecule has 1 aromatic rings. The molecule has 0 unspecified atom stereocenters. The first-order valence-corrected chi connectivity index (χ1v) is 6.06. The number of anilines is 1. The van der Waals surface area contributed by atoms with Gasteiger partial charge in [-0.15, -0.1) is 0 Å². The van der Waals surface area contributed by atoms with Crippen LogP contribution in [0.1, 0.15) is 26.3 Å². The van der Waals surface area contributed by atoms with Gasteiger partial charge in [0.25, 0.3) is 0 Å². The fourth-order valence-electron chi connectivity index (χ4n) is 1.23. The Kier molecular flexibility index (Phi) is 4.82. The van der Waals surface area contributed by atoms with E-state index in [4.69, 9.17) is 10.5 Å². The zero-order chi connectivity index (χ0) is 14.5. The van der Waals surface area contributed by atoms with Crippen LogP contribution in [0.4, 0.5) is 10.5 Å². The lowest BCUT2D eigenvalue weighted by Crippen LogP contribution is -2.34. The highest BCUT2D eigenvalue weighted by Crippen LogP contribution is 2.08. The number of carbonyl (C=O) groups excluding carboxylic acids is 1. The first kappa shape index (κ1) is 14.9. The van der Waals surface area contributed by atoms with E-state index in [0.717, 1.165) is 5.56 Å². The third kappa shape index (κ3) is 5.82. The number of hydrogen-bond donors (Lipinski definition) is 1. The number of nitrogen functional groups attached to an aromatic ring is 1. The van der Waals surface area contributed by atoms with Crippen LogP contribution in [0.25, 0.3) is 0 Å². The van der Waals surface area contributed by atoms with Gasteiger partial charge < -0.3 is 15.4 Å². The van der Waals surface area contributed by atoms with Crippen molar-refractivity contribution >= 4 is 11.8 Å². The lowest BCUT2D eigenvalue weighted by molar-refractivity contribution is 0.0321. The molecule has 2 N–H and O–H groups in total. The summed E-state index contributed by atoms with van der Waals surface area (Å²) in [5.74, 6) is 5.89. The van der Waals surface area contributed by atoms with Crippen molar-refractivity contribution in [2.75, 3.05) is 19.3 Å². The molecule has 1 rings (SSSR count). The van der Waals surface area contributed by atoms with Gasteiger partial charge in [0.2, 0.25) is 0 Å². The molecule has 0 saturated carbocycles. The quantitative estimate of drug-likeness (QED) is 0.623. The molecule has 0 fully saturated rings. The normalized spacial score (nSPS) is 10.3. The second-order valence-electron chi connectivity index (χ2n) is 5.26. The van der Waals surface area contributed by atoms with Crippen LogP contribution in [-0.2, 0) is 4.74 Å². The third-order valence-corrected chi connectivity index (χ3v) is 2.16. The van der Waals surface area contributed by atoms with Crippen molar-refractivity contribution in [2.45, 2.75) is 26.4 Å². The summed E-state index contributed by atoms with van der Waals surface area (Å²) in [6.07, 6.45) is -0.376. The van der Waals surface area contributed by atoms with Gasteiger partial charge in [0, 0.05) is 18.3 Å². The Labute approximate surface area is 114 Å². The van der Waals surface area contributed by atoms with E-state index < -0.39 is 5.60 Å². The van der Waals surface area contributed by atoms with E-state index in [9.17, 15) is 4.79 Å². The minimum absolute atomic E-state index is 0.319. The van der Waals surface area contributed by atoms with Gasteiger partial charge in [-0.25, -0.2) is 4.79 Å². The maximum absolute atomic E-state index is 11.7. The Hall–Kier alpha value is -2.15. The highest BCUT2D eigenvalue weighted by atomic mass is 16.6. The summed E-state index contributed by atoms with van der Waals surface area (Å²) in [6.45, 7) is 5.82. The molecule has 0 saturated heterocycles. The molecule has 0 atom stereocenters. The van der Waals surface area contributed by atoms with Gasteiger partial charge in [0.05, 0.1) is 6.54 Å². The van der Waals surface area contributed by atoms with Crippen LogP contribution in [0.15, 0.2) is 24.3 Å². The Bertz CT molecular complexity index is 490. The molecular formula is C15H20N2O2. The Balaban J connectivity index is 2.53. The lowest BCUT2D eigenvalue weighted by Gasteiger charge is -2.23. The first-order valence-electron chi connectivity index (χ1n) is 6.06. The topological polar surface area (TPSA) is 55.6 Å². The molecule has 1 amide bonds. The van der Waals surface area contributed by atoms with Gasteiger partial charge in [-0.05, 0) is 45.0 Å². The van der Waals surface area contributed by atoms with Crippen LogP contribution in [0.3, 0.4) is 0 Å². The van der Waals surface area contributed by atoms with Crippen LogP contribution in [0, 0.1) is 11.8 Å². The van der Waals surface area contributed by atoms with Crippen LogP contribution in [-0.4, -0.2) is 30.2 Å². The molecule has 0 spiro atoms. The van der Waals surface area contributed by atoms with Crippen molar-refractivity contribution in [1.29, 1.82) is 0 Å². The van der Waals surface area contributed by atoms with Gasteiger partial charge >= 0.3 is 6.09 Å². The van der Waals surface area contributed by atoms with Crippen molar-refractivity contribution in [2.24, 2.45) is 0 Å². The van der Waals surface area contributed by atoms with E-state index in [1.165, 1.54) is 4.90 Å². The minimum Gasteiger partial charge on any atom is -0.444 e. The molecule has 4 nitrogen and oxygen atoms in total. The van der Waals surface area contributed by atoms with Gasteiger partial charge in [-0.2, -0.15) is 0 Å². The van der Waals surface area contributed by atoms with Crippen molar-refractivity contribution in [3.8, 4) is 11.8 Å². The number of nitrogens with two attached hydrogens (primary N) is 1. The fraction of sp³-hybridized carbons (Fsp3) is 0.400. The standard InChI is InChI=1S/C15H20N2O2/c1-15(2,3)19-14(18)17(4)11-5-6-12-7-9-13(16)10-8-12/h7-10H,11,16H2,1-4H3. The maximum atomic E-state index is 11.7. The molecule has 0 aromatic heterocycles. The summed E-state index contributed by atoms with van der Waals surface area (Å²) in [6, 6.07) is 7.27. The van der Waals surface area contributed by atoms with Crippen molar-refractivity contribution in [3.05, 3.63) is 29.8 Å². The van der Waals surface area contributed by atoms with Crippen LogP contribution in [0.5, 0.6) is 0 Å². The SMILES string of the molecule is CN(CC#Cc1ccc(N)cc1)C(=O)OC(C)(C)C. The number of rotatable bonds is 1. The van der Waals surface area contributed by atoms with E-state index in [1.807, 2.05) is 32.9 Å². The Morgan fingerprint density at radius 3 is 2.42 bits per heavy atom. The summed E-state index contributed by atoms with van der Waals surface area (Å²) in [5, 5.41) is 0. The predicted octanol–water partition coefficient (Wildman–Crippen LogP) is 2.49. The van der Waals surface area contributed by atoms with Gasteiger partial charge in [0.15, 0.2) is 0 Å². The van der Waals surface area contributed by atoms with E-state index in [-0.39, 0.29) is 6.09 Å². The minimum atomic E-state index is -0.490. The molecule has 0 radical (unpaired) electrons. The average molecular weight is 260 g/mol. The van der Waals surface area contributed by atoms with E-state index in [1.54, 1.807) is 19.2 Å². The molecule has 0 heterocycles. The number of nitrogens with zero attached hydrogens (tertiary/aromatic N) is 1. The van der Waals surface area contributed by atoms with E-state index in [0.29, 0.717) is 12.2 Å². The Morgan fingerprint density at radius 2 is 1.89 bits per heavy atom. The zero-order valence-electron chi connectivity index (χ0n) is 11.9. The molecule has 102 valence electrons. The second-order valence-corrected chi connectivity index (χ2v) is 5.26. The molecule has 0 aliphatic carbocycles. The molecule has 19 heavy (non-hydrogen) atoms. The van der Waals surface area contributed by atoms with Gasteiger partial charge in [-0.3, -0.25) is 0 Å². The summed E-state index contributed by atoms with van der Waals surface area (Å²) in [7, 11) is 1.66. The predicted molar refractivity (Wildman–Crippen MR) is 76.6 cm³/mol. The zero-order valence-corrected chi connectivity index (χ0v) is 11.9. The highest BCUT2D eigenvalue weighted by molar-refractivity contribution is 5.68. The maximum Gasteiger partial charge on any atom is 0.410 e. The Morgan fingerprint density at radius 1 is 1.32 bits per heavy atom. The van der Waals surface area contributed by atoms with Gasteiger partial charge in [-0.1, -0.05) is 11.8 Å². The summed E-state index contributed by atoms with van der Waals surface area (Å²) in [5.41, 5.74) is 6.67. The largest absolute Gasteiger partial charge is 0.444 e. The van der Waals surface area contributed by atoms with E-state index >= 15 is 0 Å². The number of carbonyl (C=O) groups is 1. The van der Waals surface area contributed by atoms with Crippen LogP contribution < -0.4 is 5.73 Å². The number of hydrogen-bond acceptors (Lipinski definition) is 3. The summed E-state index contributed by atoms with van der Waals surface area (Å²) >= 11 is 0. The van der Waals surface area contributed by atoms with Crippen molar-refractivity contribution in [1.82, 2.24) is 4.90 Å². The van der Waals surface area contributed by atoms with Crippen LogP contribution >= 0.6 is 0 Å². The summed E-state index contributed by atoms with van der Waals surface area (Å²) in [4.78, 5) is 13.1.